The normalized spacial score (nSPS) is 12.7. The summed E-state index contributed by atoms with van der Waals surface area (Å²) >= 11 is 0. The topological polar surface area (TPSA) is 81.4 Å². The molecule has 5 nitrogen and oxygen atoms in total. The number of carbonyl (C=O) groups excluding carboxylic acids is 2. The van der Waals surface area contributed by atoms with Crippen molar-refractivity contribution < 1.29 is 18.7 Å². The van der Waals surface area contributed by atoms with Crippen LogP contribution >= 0.6 is 0 Å². The molecule has 1 aromatic rings. The van der Waals surface area contributed by atoms with Gasteiger partial charge in [-0.05, 0) is 45.9 Å². The van der Waals surface area contributed by atoms with E-state index in [-0.39, 0.29) is 11.3 Å². The molecule has 1 rings (SSSR count). The molecular formula is C14H19FN2O3. The van der Waals surface area contributed by atoms with Crippen LogP contribution in [0.3, 0.4) is 0 Å². The summed E-state index contributed by atoms with van der Waals surface area (Å²) in [6.07, 6.45) is 0. The fourth-order valence-electron chi connectivity index (χ4n) is 1.44. The highest BCUT2D eigenvalue weighted by Crippen LogP contribution is 2.12. The molecule has 0 fully saturated rings. The molecule has 0 aliphatic heterocycles. The molecule has 1 amide bonds. The van der Waals surface area contributed by atoms with Gasteiger partial charge in [-0.2, -0.15) is 0 Å². The van der Waals surface area contributed by atoms with Crippen LogP contribution in [0.15, 0.2) is 18.2 Å². The van der Waals surface area contributed by atoms with Gasteiger partial charge in [0.05, 0.1) is 5.56 Å². The third-order valence-electron chi connectivity index (χ3n) is 2.35. The number of nitrogen functional groups attached to an aromatic ring is 1. The number of hydrogen-bond acceptors (Lipinski definition) is 4. The number of esters is 1. The van der Waals surface area contributed by atoms with E-state index in [2.05, 4.69) is 5.32 Å². The molecule has 6 heteroatoms. The number of halogens is 1. The van der Waals surface area contributed by atoms with E-state index in [9.17, 15) is 14.0 Å². The van der Waals surface area contributed by atoms with Crippen LogP contribution < -0.4 is 11.1 Å². The molecule has 0 saturated heterocycles. The van der Waals surface area contributed by atoms with Gasteiger partial charge in [0.15, 0.2) is 0 Å². The minimum Gasteiger partial charge on any atom is -0.458 e. The van der Waals surface area contributed by atoms with Gasteiger partial charge in [-0.1, -0.05) is 0 Å². The van der Waals surface area contributed by atoms with Gasteiger partial charge in [-0.3, -0.25) is 4.79 Å². The van der Waals surface area contributed by atoms with Gasteiger partial charge in [0.1, 0.15) is 17.5 Å². The zero-order valence-corrected chi connectivity index (χ0v) is 12.0. The number of anilines is 1. The van der Waals surface area contributed by atoms with E-state index < -0.39 is 29.3 Å². The van der Waals surface area contributed by atoms with Crippen LogP contribution in [0.2, 0.25) is 0 Å². The molecular weight excluding hydrogens is 263 g/mol. The number of nitrogens with one attached hydrogen (secondary N) is 1. The summed E-state index contributed by atoms with van der Waals surface area (Å²) < 4.78 is 18.7. The zero-order chi connectivity index (χ0) is 15.5. The van der Waals surface area contributed by atoms with Crippen LogP contribution in [0.25, 0.3) is 0 Å². The number of hydrogen-bond donors (Lipinski definition) is 2. The molecule has 0 spiro atoms. The molecule has 1 aromatic carbocycles. The third-order valence-corrected chi connectivity index (χ3v) is 2.35. The first-order valence-corrected chi connectivity index (χ1v) is 6.19. The van der Waals surface area contributed by atoms with E-state index in [1.165, 1.54) is 19.1 Å². The van der Waals surface area contributed by atoms with E-state index in [1.54, 1.807) is 20.8 Å². The summed E-state index contributed by atoms with van der Waals surface area (Å²) in [5.41, 5.74) is 4.80. The third kappa shape index (κ3) is 4.53. The number of rotatable bonds is 3. The van der Waals surface area contributed by atoms with Crippen molar-refractivity contribution in [2.45, 2.75) is 39.3 Å². The number of nitrogens with two attached hydrogens (primary N) is 1. The maximum absolute atomic E-state index is 13.6. The Morgan fingerprint density at radius 3 is 2.45 bits per heavy atom. The van der Waals surface area contributed by atoms with Gasteiger partial charge in [0.2, 0.25) is 0 Å². The molecule has 1 unspecified atom stereocenters. The molecule has 0 bridgehead atoms. The molecule has 20 heavy (non-hydrogen) atoms. The summed E-state index contributed by atoms with van der Waals surface area (Å²) in [5.74, 6) is -2.01. The lowest BCUT2D eigenvalue weighted by atomic mass is 10.1. The highest BCUT2D eigenvalue weighted by Gasteiger charge is 2.24. The molecule has 0 aliphatic rings. The first kappa shape index (κ1) is 15.9. The Morgan fingerprint density at radius 1 is 1.35 bits per heavy atom. The first-order valence-electron chi connectivity index (χ1n) is 6.19. The van der Waals surface area contributed by atoms with Crippen molar-refractivity contribution in [1.82, 2.24) is 5.32 Å². The Bertz CT molecular complexity index is 524. The van der Waals surface area contributed by atoms with Crippen molar-refractivity contribution in [2.75, 3.05) is 5.73 Å². The van der Waals surface area contributed by atoms with Gasteiger partial charge in [0, 0.05) is 5.69 Å². The maximum Gasteiger partial charge on any atom is 0.328 e. The van der Waals surface area contributed by atoms with E-state index >= 15 is 0 Å². The largest absolute Gasteiger partial charge is 0.458 e. The van der Waals surface area contributed by atoms with Crippen molar-refractivity contribution in [3.8, 4) is 0 Å². The maximum atomic E-state index is 13.6. The second kappa shape index (κ2) is 5.90. The number of carbonyl (C=O) groups is 2. The number of amides is 1. The quantitative estimate of drug-likeness (QED) is 0.655. The van der Waals surface area contributed by atoms with Gasteiger partial charge in [-0.15, -0.1) is 0 Å². The first-order chi connectivity index (χ1) is 9.10. The van der Waals surface area contributed by atoms with Crippen molar-refractivity contribution in [3.05, 3.63) is 29.6 Å². The average molecular weight is 282 g/mol. The Morgan fingerprint density at radius 2 is 1.95 bits per heavy atom. The smallest absolute Gasteiger partial charge is 0.328 e. The minimum atomic E-state index is -0.876. The summed E-state index contributed by atoms with van der Waals surface area (Å²) in [7, 11) is 0. The molecule has 0 aromatic heterocycles. The Hall–Kier alpha value is -2.11. The van der Waals surface area contributed by atoms with Crippen molar-refractivity contribution in [3.63, 3.8) is 0 Å². The minimum absolute atomic E-state index is 0.172. The molecule has 110 valence electrons. The van der Waals surface area contributed by atoms with E-state index in [4.69, 9.17) is 10.5 Å². The zero-order valence-electron chi connectivity index (χ0n) is 12.0. The summed E-state index contributed by atoms with van der Waals surface area (Å²) in [6, 6.07) is 2.85. The lowest BCUT2D eigenvalue weighted by Gasteiger charge is -2.22. The van der Waals surface area contributed by atoms with Crippen LogP contribution in [0, 0.1) is 5.82 Å². The van der Waals surface area contributed by atoms with Gasteiger partial charge >= 0.3 is 5.97 Å². The van der Waals surface area contributed by atoms with E-state index in [1.807, 2.05) is 0 Å². The van der Waals surface area contributed by atoms with Crippen LogP contribution in [0.5, 0.6) is 0 Å². The monoisotopic (exact) mass is 282 g/mol. The lowest BCUT2D eigenvalue weighted by molar-refractivity contribution is -0.156. The SMILES string of the molecule is CC(NC(=O)c1ccc(N)cc1F)C(=O)OC(C)(C)C. The van der Waals surface area contributed by atoms with E-state index in [0.29, 0.717) is 0 Å². The summed E-state index contributed by atoms with van der Waals surface area (Å²) in [5, 5.41) is 2.38. The standard InChI is InChI=1S/C14H19FN2O3/c1-8(13(19)20-14(2,3)4)17-12(18)10-6-5-9(16)7-11(10)15/h5-8H,16H2,1-4H3,(H,17,18). The summed E-state index contributed by atoms with van der Waals surface area (Å²) in [4.78, 5) is 23.6. The second-order valence-corrected chi connectivity index (χ2v) is 5.47. The highest BCUT2D eigenvalue weighted by atomic mass is 19.1. The summed E-state index contributed by atoms with van der Waals surface area (Å²) in [6.45, 7) is 6.64. The Labute approximate surface area is 117 Å². The fraction of sp³-hybridized carbons (Fsp3) is 0.429. The van der Waals surface area contributed by atoms with Crippen LogP contribution in [-0.2, 0) is 9.53 Å². The predicted octanol–water partition coefficient (Wildman–Crippen LogP) is 1.87. The Balaban J connectivity index is 2.73. The van der Waals surface area contributed by atoms with Gasteiger partial charge < -0.3 is 15.8 Å². The lowest BCUT2D eigenvalue weighted by Crippen LogP contribution is -2.42. The van der Waals surface area contributed by atoms with Gasteiger partial charge in [-0.25, -0.2) is 9.18 Å². The average Bonchev–Trinajstić information content (AvgIpc) is 2.26. The van der Waals surface area contributed by atoms with Crippen LogP contribution in [0.4, 0.5) is 10.1 Å². The second-order valence-electron chi connectivity index (χ2n) is 5.47. The van der Waals surface area contributed by atoms with Crippen LogP contribution in [0.1, 0.15) is 38.1 Å². The van der Waals surface area contributed by atoms with Crippen molar-refractivity contribution in [2.24, 2.45) is 0 Å². The van der Waals surface area contributed by atoms with Crippen LogP contribution in [-0.4, -0.2) is 23.5 Å². The number of benzene rings is 1. The van der Waals surface area contributed by atoms with Crippen molar-refractivity contribution >= 4 is 17.6 Å². The molecule has 1 atom stereocenters. The Kier molecular flexibility index (Phi) is 4.70. The predicted molar refractivity (Wildman–Crippen MR) is 73.6 cm³/mol. The molecule has 0 saturated carbocycles. The molecule has 0 heterocycles. The fourth-order valence-corrected chi connectivity index (χ4v) is 1.44. The molecule has 3 N–H and O–H groups in total. The van der Waals surface area contributed by atoms with E-state index in [0.717, 1.165) is 6.07 Å². The number of ether oxygens (including phenoxy) is 1. The van der Waals surface area contributed by atoms with Crippen molar-refractivity contribution in [1.29, 1.82) is 0 Å². The highest BCUT2D eigenvalue weighted by molar-refractivity contribution is 5.97. The van der Waals surface area contributed by atoms with Gasteiger partial charge in [0.25, 0.3) is 5.91 Å². The molecule has 0 aliphatic carbocycles. The molecule has 0 radical (unpaired) electrons.